The number of benzene rings is 3. The predicted octanol–water partition coefficient (Wildman–Crippen LogP) is 3.64. The van der Waals surface area contributed by atoms with E-state index in [0.717, 1.165) is 5.69 Å². The SMILES string of the molecule is CN(C)c1ccc2cc3cc(N)ccc3cc2c1. The second-order valence-electron chi connectivity index (χ2n) is 4.88. The average Bonchev–Trinajstić information content (AvgIpc) is 2.35. The molecule has 0 bridgehead atoms. The van der Waals surface area contributed by atoms with Crippen LogP contribution in [0.5, 0.6) is 0 Å². The predicted molar refractivity (Wildman–Crippen MR) is 80.2 cm³/mol. The summed E-state index contributed by atoms with van der Waals surface area (Å²) < 4.78 is 0. The highest BCUT2D eigenvalue weighted by Gasteiger charge is 2.01. The van der Waals surface area contributed by atoms with Gasteiger partial charge >= 0.3 is 0 Å². The molecule has 3 aromatic rings. The second kappa shape index (κ2) is 3.91. The summed E-state index contributed by atoms with van der Waals surface area (Å²) in [7, 11) is 4.12. The molecule has 2 N–H and O–H groups in total. The normalized spacial score (nSPS) is 11.0. The first-order valence-corrected chi connectivity index (χ1v) is 6.04. The Morgan fingerprint density at radius 2 is 1.33 bits per heavy atom. The zero-order valence-electron chi connectivity index (χ0n) is 10.6. The van der Waals surface area contributed by atoms with Crippen LogP contribution in [0.4, 0.5) is 11.4 Å². The Balaban J connectivity index is 2.31. The highest BCUT2D eigenvalue weighted by atomic mass is 15.1. The van der Waals surface area contributed by atoms with Crippen molar-refractivity contribution in [1.29, 1.82) is 0 Å². The van der Waals surface area contributed by atoms with E-state index in [1.54, 1.807) is 0 Å². The molecule has 0 saturated heterocycles. The van der Waals surface area contributed by atoms with Crippen LogP contribution in [0.3, 0.4) is 0 Å². The maximum Gasteiger partial charge on any atom is 0.0367 e. The molecule has 0 radical (unpaired) electrons. The molecule has 0 aliphatic heterocycles. The third-order valence-corrected chi connectivity index (χ3v) is 3.32. The largest absolute Gasteiger partial charge is 0.399 e. The van der Waals surface area contributed by atoms with Crippen molar-refractivity contribution in [2.24, 2.45) is 0 Å². The van der Waals surface area contributed by atoms with Crippen LogP contribution in [0.1, 0.15) is 0 Å². The van der Waals surface area contributed by atoms with Gasteiger partial charge < -0.3 is 10.6 Å². The van der Waals surface area contributed by atoms with Gasteiger partial charge in [-0.15, -0.1) is 0 Å². The van der Waals surface area contributed by atoms with Gasteiger partial charge in [0.05, 0.1) is 0 Å². The van der Waals surface area contributed by atoms with Gasteiger partial charge in [0.15, 0.2) is 0 Å². The molecule has 3 rings (SSSR count). The Morgan fingerprint density at radius 1 is 0.722 bits per heavy atom. The number of nitrogen functional groups attached to an aromatic ring is 1. The molecule has 0 fully saturated rings. The molecular weight excluding hydrogens is 220 g/mol. The van der Waals surface area contributed by atoms with Gasteiger partial charge in [0, 0.05) is 25.5 Å². The molecule has 0 aromatic heterocycles. The Labute approximate surface area is 107 Å². The molecule has 0 unspecified atom stereocenters. The Hall–Kier alpha value is -2.22. The zero-order chi connectivity index (χ0) is 12.7. The quantitative estimate of drug-likeness (QED) is 0.516. The van der Waals surface area contributed by atoms with Gasteiger partial charge in [-0.25, -0.2) is 0 Å². The molecule has 0 aliphatic carbocycles. The van der Waals surface area contributed by atoms with Crippen LogP contribution in [-0.4, -0.2) is 14.1 Å². The van der Waals surface area contributed by atoms with Gasteiger partial charge in [-0.1, -0.05) is 12.1 Å². The van der Waals surface area contributed by atoms with Crippen LogP contribution in [0.15, 0.2) is 48.5 Å². The summed E-state index contributed by atoms with van der Waals surface area (Å²) in [4.78, 5) is 2.12. The molecule has 90 valence electrons. The summed E-state index contributed by atoms with van der Waals surface area (Å²) >= 11 is 0. The first-order valence-electron chi connectivity index (χ1n) is 6.04. The fourth-order valence-electron chi connectivity index (χ4n) is 2.28. The summed E-state index contributed by atoms with van der Waals surface area (Å²) in [5, 5.41) is 4.94. The van der Waals surface area contributed by atoms with Crippen LogP contribution in [0.2, 0.25) is 0 Å². The maximum atomic E-state index is 5.83. The first kappa shape index (κ1) is 10.9. The molecule has 0 saturated carbocycles. The molecule has 0 atom stereocenters. The minimum absolute atomic E-state index is 0.812. The minimum Gasteiger partial charge on any atom is -0.399 e. The van der Waals surface area contributed by atoms with Crippen molar-refractivity contribution in [1.82, 2.24) is 0 Å². The number of fused-ring (bicyclic) bond motifs is 2. The van der Waals surface area contributed by atoms with Crippen molar-refractivity contribution < 1.29 is 0 Å². The topological polar surface area (TPSA) is 29.3 Å². The van der Waals surface area contributed by atoms with Crippen molar-refractivity contribution in [3.63, 3.8) is 0 Å². The van der Waals surface area contributed by atoms with E-state index < -0.39 is 0 Å². The smallest absolute Gasteiger partial charge is 0.0367 e. The van der Waals surface area contributed by atoms with E-state index >= 15 is 0 Å². The highest BCUT2D eigenvalue weighted by Crippen LogP contribution is 2.27. The molecule has 0 spiro atoms. The number of hydrogen-bond acceptors (Lipinski definition) is 2. The summed E-state index contributed by atoms with van der Waals surface area (Å²) in [6, 6.07) is 17.0. The van der Waals surface area contributed by atoms with Crippen LogP contribution in [-0.2, 0) is 0 Å². The summed E-state index contributed by atoms with van der Waals surface area (Å²) in [5.41, 5.74) is 7.86. The van der Waals surface area contributed by atoms with E-state index in [2.05, 4.69) is 55.4 Å². The Kier molecular flexibility index (Phi) is 2.37. The number of anilines is 2. The van der Waals surface area contributed by atoms with E-state index in [0.29, 0.717) is 0 Å². The van der Waals surface area contributed by atoms with Crippen LogP contribution in [0.25, 0.3) is 21.5 Å². The number of nitrogens with two attached hydrogens (primary N) is 1. The maximum absolute atomic E-state index is 5.83. The Morgan fingerprint density at radius 3 is 2.00 bits per heavy atom. The van der Waals surface area contributed by atoms with E-state index in [1.807, 2.05) is 12.1 Å². The van der Waals surface area contributed by atoms with Crippen molar-refractivity contribution in [3.8, 4) is 0 Å². The lowest BCUT2D eigenvalue weighted by Gasteiger charge is -2.13. The zero-order valence-corrected chi connectivity index (χ0v) is 10.6. The molecule has 2 nitrogen and oxygen atoms in total. The number of rotatable bonds is 1. The van der Waals surface area contributed by atoms with E-state index in [9.17, 15) is 0 Å². The van der Waals surface area contributed by atoms with Gasteiger partial charge in [-0.05, 0) is 57.9 Å². The molecule has 2 heteroatoms. The lowest BCUT2D eigenvalue weighted by atomic mass is 10.0. The minimum atomic E-state index is 0.812. The number of nitrogens with zero attached hydrogens (tertiary/aromatic N) is 1. The molecule has 0 aliphatic rings. The Bertz CT molecular complexity index is 730. The molecular formula is C16H16N2. The lowest BCUT2D eigenvalue weighted by molar-refractivity contribution is 1.14. The van der Waals surface area contributed by atoms with Crippen LogP contribution in [0, 0.1) is 0 Å². The van der Waals surface area contributed by atoms with E-state index in [4.69, 9.17) is 5.73 Å². The van der Waals surface area contributed by atoms with Gasteiger partial charge in [0.1, 0.15) is 0 Å². The van der Waals surface area contributed by atoms with Crippen LogP contribution >= 0.6 is 0 Å². The van der Waals surface area contributed by atoms with Crippen molar-refractivity contribution in [3.05, 3.63) is 48.5 Å². The van der Waals surface area contributed by atoms with E-state index in [1.165, 1.54) is 27.2 Å². The van der Waals surface area contributed by atoms with Gasteiger partial charge in [0.25, 0.3) is 0 Å². The van der Waals surface area contributed by atoms with Crippen molar-refractivity contribution in [2.45, 2.75) is 0 Å². The second-order valence-corrected chi connectivity index (χ2v) is 4.88. The fourth-order valence-corrected chi connectivity index (χ4v) is 2.28. The monoisotopic (exact) mass is 236 g/mol. The summed E-state index contributed by atoms with van der Waals surface area (Å²) in [6.45, 7) is 0. The van der Waals surface area contributed by atoms with Crippen LogP contribution < -0.4 is 10.6 Å². The first-order chi connectivity index (χ1) is 8.63. The fraction of sp³-hybridized carbons (Fsp3) is 0.125. The molecule has 3 aromatic carbocycles. The third-order valence-electron chi connectivity index (χ3n) is 3.32. The lowest BCUT2D eigenvalue weighted by Crippen LogP contribution is -2.07. The third kappa shape index (κ3) is 1.76. The van der Waals surface area contributed by atoms with Gasteiger partial charge in [-0.2, -0.15) is 0 Å². The van der Waals surface area contributed by atoms with Crippen molar-refractivity contribution in [2.75, 3.05) is 24.7 Å². The average molecular weight is 236 g/mol. The summed E-state index contributed by atoms with van der Waals surface area (Å²) in [5.74, 6) is 0. The highest BCUT2D eigenvalue weighted by molar-refractivity contribution is 6.00. The molecule has 0 amide bonds. The number of hydrogen-bond donors (Lipinski definition) is 1. The standard InChI is InChI=1S/C16H16N2/c1-18(2)16-6-4-12-7-13-9-15(17)5-3-11(13)8-14(12)10-16/h3-10H,17H2,1-2H3. The molecule has 18 heavy (non-hydrogen) atoms. The van der Waals surface area contributed by atoms with Gasteiger partial charge in [0.2, 0.25) is 0 Å². The summed E-state index contributed by atoms with van der Waals surface area (Å²) in [6.07, 6.45) is 0. The van der Waals surface area contributed by atoms with E-state index in [-0.39, 0.29) is 0 Å². The van der Waals surface area contributed by atoms with Crippen molar-refractivity contribution >= 4 is 32.9 Å². The van der Waals surface area contributed by atoms with Gasteiger partial charge in [-0.3, -0.25) is 0 Å². The molecule has 0 heterocycles.